The first kappa shape index (κ1) is 19.1. The van der Waals surface area contributed by atoms with Crippen LogP contribution < -0.4 is 15.5 Å². The molecule has 0 radical (unpaired) electrons. The Labute approximate surface area is 157 Å². The Hall–Kier alpha value is -2.64. The Balaban J connectivity index is 1.61. The highest BCUT2D eigenvalue weighted by Gasteiger charge is 2.44. The van der Waals surface area contributed by atoms with Crippen molar-refractivity contribution in [1.29, 1.82) is 0 Å². The number of nitrogens with zero attached hydrogens (tertiary/aromatic N) is 2. The van der Waals surface area contributed by atoms with Gasteiger partial charge in [0.2, 0.25) is 5.91 Å². The number of nitrogens with one attached hydrogen (secondary N) is 2. The fourth-order valence-electron chi connectivity index (χ4n) is 3.91. The van der Waals surface area contributed by atoms with E-state index < -0.39 is 23.4 Å². The number of imide groups is 1. The van der Waals surface area contributed by atoms with Gasteiger partial charge in [-0.05, 0) is 44.5 Å². The van der Waals surface area contributed by atoms with Crippen LogP contribution >= 0.6 is 0 Å². The van der Waals surface area contributed by atoms with Gasteiger partial charge in [-0.3, -0.25) is 14.9 Å². The number of rotatable bonds is 4. The summed E-state index contributed by atoms with van der Waals surface area (Å²) in [6.07, 6.45) is 0.246. The number of urea groups is 1. The molecule has 0 saturated carbocycles. The van der Waals surface area contributed by atoms with E-state index in [1.807, 2.05) is 6.92 Å². The van der Waals surface area contributed by atoms with E-state index in [1.54, 1.807) is 30.9 Å². The van der Waals surface area contributed by atoms with Gasteiger partial charge in [-0.1, -0.05) is 6.92 Å². The zero-order valence-electron chi connectivity index (χ0n) is 15.8. The van der Waals surface area contributed by atoms with Crippen LogP contribution in [-0.2, 0) is 9.59 Å². The van der Waals surface area contributed by atoms with Gasteiger partial charge >= 0.3 is 6.03 Å². The molecule has 0 aliphatic carbocycles. The molecule has 2 saturated heterocycles. The lowest BCUT2D eigenvalue weighted by molar-refractivity contribution is -0.137. The molecule has 0 spiro atoms. The van der Waals surface area contributed by atoms with Crippen molar-refractivity contribution in [2.45, 2.75) is 38.8 Å². The van der Waals surface area contributed by atoms with Crippen LogP contribution in [0.15, 0.2) is 24.3 Å². The molecule has 4 amide bonds. The number of hydrogen-bond donors (Lipinski definition) is 2. The van der Waals surface area contributed by atoms with Gasteiger partial charge in [-0.25, -0.2) is 9.18 Å². The molecular formula is C19H25FN4O3. The van der Waals surface area contributed by atoms with Crippen LogP contribution in [0.5, 0.6) is 0 Å². The van der Waals surface area contributed by atoms with Crippen LogP contribution in [-0.4, -0.2) is 54.0 Å². The summed E-state index contributed by atoms with van der Waals surface area (Å²) in [5.74, 6) is -1.10. The van der Waals surface area contributed by atoms with Gasteiger partial charge in [-0.2, -0.15) is 0 Å². The molecule has 1 aromatic rings. The molecule has 2 unspecified atom stereocenters. The van der Waals surface area contributed by atoms with E-state index >= 15 is 0 Å². The summed E-state index contributed by atoms with van der Waals surface area (Å²) in [7, 11) is 0. The highest BCUT2D eigenvalue weighted by atomic mass is 19.1. The van der Waals surface area contributed by atoms with Gasteiger partial charge in [0.15, 0.2) is 0 Å². The predicted octanol–water partition coefficient (Wildman–Crippen LogP) is 1.49. The number of halogens is 1. The molecule has 8 heteroatoms. The molecule has 2 aliphatic heterocycles. The maximum atomic E-state index is 13.1. The van der Waals surface area contributed by atoms with E-state index in [4.69, 9.17) is 0 Å². The summed E-state index contributed by atoms with van der Waals surface area (Å²) in [5.41, 5.74) is -0.129. The molecule has 3 atom stereocenters. The fraction of sp³-hybridized carbons (Fsp3) is 0.526. The van der Waals surface area contributed by atoms with Crippen molar-refractivity contribution < 1.29 is 18.8 Å². The second-order valence-corrected chi connectivity index (χ2v) is 7.65. The first-order valence-electron chi connectivity index (χ1n) is 9.14. The minimum Gasteiger partial charge on any atom is -0.365 e. The fourth-order valence-corrected chi connectivity index (χ4v) is 3.91. The quantitative estimate of drug-likeness (QED) is 0.780. The summed E-state index contributed by atoms with van der Waals surface area (Å²) < 4.78 is 13.1. The molecule has 27 heavy (non-hydrogen) atoms. The summed E-state index contributed by atoms with van der Waals surface area (Å²) in [6, 6.07) is 5.92. The van der Waals surface area contributed by atoms with Crippen molar-refractivity contribution in [3.8, 4) is 0 Å². The summed E-state index contributed by atoms with van der Waals surface area (Å²) >= 11 is 0. The topological polar surface area (TPSA) is 81.8 Å². The van der Waals surface area contributed by atoms with Gasteiger partial charge in [-0.15, -0.1) is 0 Å². The molecule has 2 aliphatic rings. The molecule has 146 valence electrons. The standard InChI is InChI=1S/C19H25FN4O3/c1-12(10-19(3)17(26)21-18(27)22-19)16(25)23-8-9-24(13(2)11-23)15-6-4-14(20)5-7-15/h4-7,12-13H,8-11H2,1-3H3,(H2,21,22,26,27)/t12?,13-,19?/m0/s1. The summed E-state index contributed by atoms with van der Waals surface area (Å²) in [5, 5.41) is 4.82. The molecule has 0 aromatic heterocycles. The van der Waals surface area contributed by atoms with Crippen LogP contribution in [0.25, 0.3) is 0 Å². The van der Waals surface area contributed by atoms with Gasteiger partial charge in [0.1, 0.15) is 11.4 Å². The van der Waals surface area contributed by atoms with Crippen molar-refractivity contribution in [3.63, 3.8) is 0 Å². The van der Waals surface area contributed by atoms with Crippen LogP contribution in [0, 0.1) is 11.7 Å². The van der Waals surface area contributed by atoms with E-state index in [0.29, 0.717) is 19.6 Å². The number of benzene rings is 1. The third-order valence-electron chi connectivity index (χ3n) is 5.35. The Bertz CT molecular complexity index is 754. The second kappa shape index (κ2) is 7.17. The minimum absolute atomic E-state index is 0.0317. The Morgan fingerprint density at radius 3 is 2.52 bits per heavy atom. The molecule has 7 nitrogen and oxygen atoms in total. The zero-order chi connectivity index (χ0) is 19.8. The maximum absolute atomic E-state index is 13.1. The molecule has 2 fully saturated rings. The lowest BCUT2D eigenvalue weighted by atomic mass is 9.89. The van der Waals surface area contributed by atoms with Crippen LogP contribution in [0.2, 0.25) is 0 Å². The Morgan fingerprint density at radius 1 is 1.30 bits per heavy atom. The van der Waals surface area contributed by atoms with Gasteiger partial charge in [0.05, 0.1) is 0 Å². The number of piperazine rings is 1. The highest BCUT2D eigenvalue weighted by molar-refractivity contribution is 6.07. The van der Waals surface area contributed by atoms with E-state index in [2.05, 4.69) is 15.5 Å². The van der Waals surface area contributed by atoms with Crippen LogP contribution in [0.4, 0.5) is 14.9 Å². The third-order valence-corrected chi connectivity index (χ3v) is 5.35. The van der Waals surface area contributed by atoms with Crippen molar-refractivity contribution in [1.82, 2.24) is 15.5 Å². The van der Waals surface area contributed by atoms with Crippen molar-refractivity contribution in [3.05, 3.63) is 30.1 Å². The first-order valence-corrected chi connectivity index (χ1v) is 9.14. The van der Waals surface area contributed by atoms with Crippen molar-refractivity contribution >= 4 is 23.5 Å². The number of carbonyl (C=O) groups is 3. The third kappa shape index (κ3) is 3.89. The number of carbonyl (C=O) groups excluding carboxylic acids is 3. The molecule has 1 aromatic carbocycles. The largest absolute Gasteiger partial charge is 0.365 e. The van der Waals surface area contributed by atoms with Crippen LogP contribution in [0.3, 0.4) is 0 Å². The lowest BCUT2D eigenvalue weighted by Crippen LogP contribution is -2.55. The Kier molecular flexibility index (Phi) is 5.08. The SMILES string of the molecule is CC(CC1(C)NC(=O)NC1=O)C(=O)N1CCN(c2ccc(F)cc2)[C@@H](C)C1. The molecule has 0 bridgehead atoms. The van der Waals surface area contributed by atoms with E-state index in [1.165, 1.54) is 12.1 Å². The monoisotopic (exact) mass is 376 g/mol. The van der Waals surface area contributed by atoms with Gasteiger partial charge in [0.25, 0.3) is 5.91 Å². The predicted molar refractivity (Wildman–Crippen MR) is 98.6 cm³/mol. The average Bonchev–Trinajstić information content (AvgIpc) is 2.86. The Morgan fingerprint density at radius 2 is 1.96 bits per heavy atom. The summed E-state index contributed by atoms with van der Waals surface area (Å²) in [6.45, 7) is 7.20. The first-order chi connectivity index (χ1) is 12.7. The molecule has 3 rings (SSSR count). The van der Waals surface area contributed by atoms with Crippen molar-refractivity contribution in [2.75, 3.05) is 24.5 Å². The zero-order valence-corrected chi connectivity index (χ0v) is 15.8. The second-order valence-electron chi connectivity index (χ2n) is 7.65. The van der Waals surface area contributed by atoms with E-state index in [-0.39, 0.29) is 24.2 Å². The lowest BCUT2D eigenvalue weighted by Gasteiger charge is -2.42. The molecule has 2 heterocycles. The maximum Gasteiger partial charge on any atom is 0.322 e. The number of hydrogen-bond acceptors (Lipinski definition) is 4. The van der Waals surface area contributed by atoms with Crippen molar-refractivity contribution in [2.24, 2.45) is 5.92 Å². The smallest absolute Gasteiger partial charge is 0.322 e. The highest BCUT2D eigenvalue weighted by Crippen LogP contribution is 2.25. The normalized spacial score (nSPS) is 26.6. The number of anilines is 1. The van der Waals surface area contributed by atoms with E-state index in [0.717, 1.165) is 5.69 Å². The van der Waals surface area contributed by atoms with Gasteiger partial charge in [0, 0.05) is 37.3 Å². The summed E-state index contributed by atoms with van der Waals surface area (Å²) in [4.78, 5) is 40.2. The number of amides is 4. The van der Waals surface area contributed by atoms with Gasteiger partial charge < -0.3 is 15.1 Å². The van der Waals surface area contributed by atoms with E-state index in [9.17, 15) is 18.8 Å². The average molecular weight is 376 g/mol. The minimum atomic E-state index is -1.06. The molecule has 2 N–H and O–H groups in total. The van der Waals surface area contributed by atoms with Crippen LogP contribution in [0.1, 0.15) is 27.2 Å². The molecular weight excluding hydrogens is 351 g/mol.